The van der Waals surface area contributed by atoms with Gasteiger partial charge >= 0.3 is 0 Å². The van der Waals surface area contributed by atoms with Gasteiger partial charge in [0.1, 0.15) is 0 Å². The number of fused-ring (bicyclic) bond motifs is 1. The number of amides is 2. The molecule has 1 saturated heterocycles. The SMILES string of the molecule is Cc1cc(/C=C2\SC(=O)N(Cc3ccc4ccccc4c3)C2=O)c(C)n1Cc1ccccc1. The molecule has 3 aromatic carbocycles. The Morgan fingerprint density at radius 1 is 0.788 bits per heavy atom. The molecule has 2 heterocycles. The molecule has 1 aliphatic rings. The van der Waals surface area contributed by atoms with Crippen LogP contribution in [0.2, 0.25) is 0 Å². The van der Waals surface area contributed by atoms with E-state index < -0.39 is 0 Å². The maximum atomic E-state index is 13.1. The molecule has 0 spiro atoms. The van der Waals surface area contributed by atoms with Crippen LogP contribution in [0.1, 0.15) is 28.1 Å². The Morgan fingerprint density at radius 2 is 1.52 bits per heavy atom. The van der Waals surface area contributed by atoms with E-state index in [0.29, 0.717) is 4.91 Å². The van der Waals surface area contributed by atoms with Gasteiger partial charge in [0.2, 0.25) is 0 Å². The number of hydrogen-bond acceptors (Lipinski definition) is 3. The molecule has 0 radical (unpaired) electrons. The van der Waals surface area contributed by atoms with Crippen molar-refractivity contribution in [1.29, 1.82) is 0 Å². The second kappa shape index (κ2) is 8.75. The summed E-state index contributed by atoms with van der Waals surface area (Å²) >= 11 is 1.02. The fourth-order valence-electron chi connectivity index (χ4n) is 4.28. The molecule has 0 aliphatic carbocycles. The predicted octanol–water partition coefficient (Wildman–Crippen LogP) is 6.54. The van der Waals surface area contributed by atoms with Crippen molar-refractivity contribution in [3.8, 4) is 0 Å². The number of thioether (sulfide) groups is 1. The number of nitrogens with zero attached hydrogens (tertiary/aromatic N) is 2. The summed E-state index contributed by atoms with van der Waals surface area (Å²) in [5.41, 5.74) is 5.34. The van der Waals surface area contributed by atoms with E-state index in [1.807, 2.05) is 60.7 Å². The molecule has 1 aromatic heterocycles. The van der Waals surface area contributed by atoms with E-state index in [4.69, 9.17) is 0 Å². The van der Waals surface area contributed by atoms with E-state index in [-0.39, 0.29) is 17.7 Å². The standard InChI is InChI=1S/C28H24N2O2S/c1-19-14-25(20(2)29(19)17-21-8-4-3-5-9-21)16-26-27(31)30(28(32)33-26)18-22-12-13-23-10-6-7-11-24(23)15-22/h3-16H,17-18H2,1-2H3/b26-16-. The normalized spacial score (nSPS) is 15.2. The van der Waals surface area contributed by atoms with Crippen molar-refractivity contribution < 1.29 is 9.59 Å². The molecule has 1 fully saturated rings. The lowest BCUT2D eigenvalue weighted by atomic mass is 10.1. The Hall–Kier alpha value is -3.57. The lowest BCUT2D eigenvalue weighted by Crippen LogP contribution is -2.27. The highest BCUT2D eigenvalue weighted by Gasteiger charge is 2.35. The van der Waals surface area contributed by atoms with Crippen molar-refractivity contribution in [2.45, 2.75) is 26.9 Å². The first-order valence-corrected chi connectivity index (χ1v) is 11.7. The van der Waals surface area contributed by atoms with Crippen LogP contribution in [0.5, 0.6) is 0 Å². The largest absolute Gasteiger partial charge is 0.344 e. The molecule has 0 bridgehead atoms. The first-order valence-electron chi connectivity index (χ1n) is 10.9. The van der Waals surface area contributed by atoms with Gasteiger partial charge in [-0.15, -0.1) is 0 Å². The van der Waals surface area contributed by atoms with Gasteiger partial charge in [0.15, 0.2) is 0 Å². The zero-order valence-corrected chi connectivity index (χ0v) is 19.4. The Kier molecular flexibility index (Phi) is 5.65. The van der Waals surface area contributed by atoms with E-state index in [1.165, 1.54) is 10.5 Å². The molecular formula is C28H24N2O2S. The molecule has 4 nitrogen and oxygen atoms in total. The van der Waals surface area contributed by atoms with Crippen molar-refractivity contribution in [3.63, 3.8) is 0 Å². The van der Waals surface area contributed by atoms with E-state index in [2.05, 4.69) is 42.7 Å². The van der Waals surface area contributed by atoms with Crippen molar-refractivity contribution in [2.75, 3.05) is 0 Å². The third kappa shape index (κ3) is 4.24. The third-order valence-electron chi connectivity index (χ3n) is 6.11. The number of imide groups is 1. The molecule has 1 aliphatic heterocycles. The van der Waals surface area contributed by atoms with Gasteiger partial charge in [0.25, 0.3) is 11.1 Å². The first-order chi connectivity index (χ1) is 16.0. The minimum atomic E-state index is -0.231. The first kappa shape index (κ1) is 21.3. The molecule has 0 N–H and O–H groups in total. The van der Waals surface area contributed by atoms with Crippen LogP contribution in [0.3, 0.4) is 0 Å². The molecule has 0 saturated carbocycles. The minimum absolute atomic E-state index is 0.225. The molecule has 5 rings (SSSR count). The van der Waals surface area contributed by atoms with E-state index in [1.54, 1.807) is 0 Å². The summed E-state index contributed by atoms with van der Waals surface area (Å²) in [4.78, 5) is 27.6. The van der Waals surface area contributed by atoms with Crippen LogP contribution < -0.4 is 0 Å². The fourth-order valence-corrected chi connectivity index (χ4v) is 5.11. The summed E-state index contributed by atoms with van der Waals surface area (Å²) in [6.07, 6.45) is 1.86. The molecule has 33 heavy (non-hydrogen) atoms. The van der Waals surface area contributed by atoms with Crippen LogP contribution in [0.25, 0.3) is 16.8 Å². The number of carbonyl (C=O) groups is 2. The van der Waals surface area contributed by atoms with Gasteiger partial charge in [-0.25, -0.2) is 0 Å². The maximum absolute atomic E-state index is 13.1. The lowest BCUT2D eigenvalue weighted by Gasteiger charge is -2.13. The third-order valence-corrected chi connectivity index (χ3v) is 7.02. The zero-order chi connectivity index (χ0) is 22.9. The van der Waals surface area contributed by atoms with Gasteiger partial charge in [-0.3, -0.25) is 14.5 Å². The number of rotatable bonds is 5. The molecule has 164 valence electrons. The summed E-state index contributed by atoms with van der Waals surface area (Å²) < 4.78 is 2.24. The second-order valence-corrected chi connectivity index (χ2v) is 9.34. The van der Waals surface area contributed by atoms with Gasteiger partial charge < -0.3 is 4.57 Å². The lowest BCUT2D eigenvalue weighted by molar-refractivity contribution is -0.123. The highest BCUT2D eigenvalue weighted by molar-refractivity contribution is 8.18. The number of carbonyl (C=O) groups excluding carboxylic acids is 2. The summed E-state index contributed by atoms with van der Waals surface area (Å²) in [6, 6.07) is 26.5. The van der Waals surface area contributed by atoms with Crippen LogP contribution in [0.4, 0.5) is 4.79 Å². The molecular weight excluding hydrogens is 428 g/mol. The zero-order valence-electron chi connectivity index (χ0n) is 18.6. The van der Waals surface area contributed by atoms with Crippen LogP contribution >= 0.6 is 11.8 Å². The Bertz CT molecular complexity index is 1400. The Morgan fingerprint density at radius 3 is 2.30 bits per heavy atom. The second-order valence-electron chi connectivity index (χ2n) is 8.35. The summed E-state index contributed by atoms with van der Waals surface area (Å²) in [5.74, 6) is -0.231. The van der Waals surface area contributed by atoms with Crippen molar-refractivity contribution >= 4 is 39.8 Å². The monoisotopic (exact) mass is 452 g/mol. The Balaban J connectivity index is 1.38. The minimum Gasteiger partial charge on any atom is -0.344 e. The molecule has 4 aromatic rings. The maximum Gasteiger partial charge on any atom is 0.293 e. The summed E-state index contributed by atoms with van der Waals surface area (Å²) in [7, 11) is 0. The number of aromatic nitrogens is 1. The van der Waals surface area contributed by atoms with Crippen molar-refractivity contribution in [2.24, 2.45) is 0 Å². The number of hydrogen-bond donors (Lipinski definition) is 0. The van der Waals surface area contributed by atoms with Gasteiger partial charge in [0.05, 0.1) is 11.4 Å². The average Bonchev–Trinajstić information content (AvgIpc) is 3.24. The van der Waals surface area contributed by atoms with Crippen molar-refractivity contribution in [3.05, 3.63) is 112 Å². The molecule has 0 unspecified atom stereocenters. The summed E-state index contributed by atoms with van der Waals surface area (Å²) in [5, 5.41) is 2.02. The number of benzene rings is 3. The number of aryl methyl sites for hydroxylation is 1. The van der Waals surface area contributed by atoms with Crippen LogP contribution in [-0.2, 0) is 17.9 Å². The molecule has 5 heteroatoms. The van der Waals surface area contributed by atoms with Crippen LogP contribution in [0, 0.1) is 13.8 Å². The predicted molar refractivity (Wildman–Crippen MR) is 135 cm³/mol. The van der Waals surface area contributed by atoms with E-state index >= 15 is 0 Å². The molecule has 2 amide bonds. The fraction of sp³-hybridized carbons (Fsp3) is 0.143. The molecule has 0 atom stereocenters. The highest BCUT2D eigenvalue weighted by Crippen LogP contribution is 2.34. The summed E-state index contributed by atoms with van der Waals surface area (Å²) in [6.45, 7) is 5.18. The van der Waals surface area contributed by atoms with Crippen LogP contribution in [0.15, 0.2) is 83.8 Å². The quantitative estimate of drug-likeness (QED) is 0.323. The smallest absolute Gasteiger partial charge is 0.293 e. The van der Waals surface area contributed by atoms with Crippen molar-refractivity contribution in [1.82, 2.24) is 9.47 Å². The highest BCUT2D eigenvalue weighted by atomic mass is 32.2. The van der Waals surface area contributed by atoms with Gasteiger partial charge in [-0.05, 0) is 71.3 Å². The van der Waals surface area contributed by atoms with Gasteiger partial charge in [0, 0.05) is 17.9 Å². The van der Waals surface area contributed by atoms with Gasteiger partial charge in [-0.1, -0.05) is 66.7 Å². The van der Waals surface area contributed by atoms with E-state index in [0.717, 1.165) is 51.6 Å². The topological polar surface area (TPSA) is 42.3 Å². The van der Waals surface area contributed by atoms with E-state index in [9.17, 15) is 9.59 Å². The average molecular weight is 453 g/mol. The Labute approximate surface area is 197 Å². The van der Waals surface area contributed by atoms with Gasteiger partial charge in [-0.2, -0.15) is 0 Å². The van der Waals surface area contributed by atoms with Crippen LogP contribution in [-0.4, -0.2) is 20.6 Å².